The lowest BCUT2D eigenvalue weighted by Crippen LogP contribution is -2.33. The second-order valence-electron chi connectivity index (χ2n) is 5.35. The molecule has 20 heavy (non-hydrogen) atoms. The molecule has 0 bridgehead atoms. The Morgan fingerprint density at radius 3 is 2.30 bits per heavy atom. The summed E-state index contributed by atoms with van der Waals surface area (Å²) in [7, 11) is 0. The zero-order chi connectivity index (χ0) is 15.0. The summed E-state index contributed by atoms with van der Waals surface area (Å²) in [5.74, 6) is 1.23. The van der Waals surface area contributed by atoms with Gasteiger partial charge >= 0.3 is 0 Å². The smallest absolute Gasteiger partial charge is 0.274 e. The molecule has 5 nitrogen and oxygen atoms in total. The average molecular weight is 278 g/mol. The van der Waals surface area contributed by atoms with Crippen LogP contribution in [0.1, 0.15) is 51.0 Å². The van der Waals surface area contributed by atoms with E-state index in [1.54, 1.807) is 12.4 Å². The van der Waals surface area contributed by atoms with Gasteiger partial charge in [0.2, 0.25) is 0 Å². The first-order chi connectivity index (χ1) is 9.58. The summed E-state index contributed by atoms with van der Waals surface area (Å²) in [6, 6.07) is 0. The molecular formula is C15H26N4O. The Morgan fingerprint density at radius 1 is 1.20 bits per heavy atom. The molecule has 1 aromatic heterocycles. The number of carbonyl (C=O) groups is 1. The minimum absolute atomic E-state index is 0.0309. The second-order valence-corrected chi connectivity index (χ2v) is 5.35. The molecule has 0 radical (unpaired) electrons. The largest absolute Gasteiger partial charge is 0.369 e. The molecule has 0 atom stereocenters. The van der Waals surface area contributed by atoms with Crippen LogP contribution in [0.15, 0.2) is 12.4 Å². The van der Waals surface area contributed by atoms with Crippen molar-refractivity contribution in [2.45, 2.75) is 40.5 Å². The number of hydrogen-bond acceptors (Lipinski definition) is 4. The van der Waals surface area contributed by atoms with Crippen molar-refractivity contribution in [1.82, 2.24) is 14.9 Å². The molecule has 0 saturated heterocycles. The fourth-order valence-electron chi connectivity index (χ4n) is 1.86. The van der Waals surface area contributed by atoms with E-state index in [-0.39, 0.29) is 5.91 Å². The van der Waals surface area contributed by atoms with E-state index in [1.807, 2.05) is 4.90 Å². The zero-order valence-electron chi connectivity index (χ0n) is 13.0. The number of nitrogens with one attached hydrogen (secondary N) is 1. The van der Waals surface area contributed by atoms with Crippen molar-refractivity contribution in [1.29, 1.82) is 0 Å². The van der Waals surface area contributed by atoms with E-state index >= 15 is 0 Å². The first-order valence-electron chi connectivity index (χ1n) is 7.43. The van der Waals surface area contributed by atoms with Gasteiger partial charge in [0, 0.05) is 19.6 Å². The Hall–Kier alpha value is -1.65. The maximum Gasteiger partial charge on any atom is 0.274 e. The van der Waals surface area contributed by atoms with E-state index in [9.17, 15) is 4.79 Å². The summed E-state index contributed by atoms with van der Waals surface area (Å²) in [5.41, 5.74) is 0.419. The molecule has 1 N–H and O–H groups in total. The van der Waals surface area contributed by atoms with Crippen molar-refractivity contribution >= 4 is 11.7 Å². The van der Waals surface area contributed by atoms with Crippen LogP contribution in [0.3, 0.4) is 0 Å². The Morgan fingerprint density at radius 2 is 1.85 bits per heavy atom. The van der Waals surface area contributed by atoms with E-state index in [0.717, 1.165) is 32.5 Å². The molecule has 5 heteroatoms. The maximum atomic E-state index is 12.3. The number of aromatic nitrogens is 2. The minimum atomic E-state index is -0.0309. The van der Waals surface area contributed by atoms with Gasteiger partial charge in [-0.2, -0.15) is 0 Å². The average Bonchev–Trinajstić information content (AvgIpc) is 2.44. The van der Waals surface area contributed by atoms with Gasteiger partial charge in [0.25, 0.3) is 5.91 Å². The van der Waals surface area contributed by atoms with Crippen LogP contribution in [0.4, 0.5) is 5.82 Å². The number of amides is 1. The highest BCUT2D eigenvalue weighted by Gasteiger charge is 2.15. The van der Waals surface area contributed by atoms with Gasteiger partial charge in [-0.1, -0.05) is 27.7 Å². The molecule has 0 saturated carbocycles. The standard InChI is InChI=1S/C15H26N4O/c1-5-7-19(8-6-2)15(20)13-10-18-14(11-16-13)17-9-12(3)4/h10-12H,5-9H2,1-4H3,(H,17,18). The van der Waals surface area contributed by atoms with Crippen molar-refractivity contribution in [3.05, 3.63) is 18.1 Å². The SMILES string of the molecule is CCCN(CCC)C(=O)c1cnc(NCC(C)C)cn1. The van der Waals surface area contributed by atoms with Gasteiger partial charge < -0.3 is 10.2 Å². The Kier molecular flexibility index (Phi) is 6.98. The van der Waals surface area contributed by atoms with Crippen LogP contribution in [0.2, 0.25) is 0 Å². The van der Waals surface area contributed by atoms with Crippen LogP contribution in [0.5, 0.6) is 0 Å². The van der Waals surface area contributed by atoms with Gasteiger partial charge in [0.05, 0.1) is 12.4 Å². The fourth-order valence-corrected chi connectivity index (χ4v) is 1.86. The third kappa shape index (κ3) is 5.15. The topological polar surface area (TPSA) is 58.1 Å². The summed E-state index contributed by atoms with van der Waals surface area (Å²) >= 11 is 0. The van der Waals surface area contributed by atoms with Gasteiger partial charge in [-0.25, -0.2) is 9.97 Å². The van der Waals surface area contributed by atoms with Gasteiger partial charge in [0.15, 0.2) is 0 Å². The number of anilines is 1. The van der Waals surface area contributed by atoms with Gasteiger partial charge in [0.1, 0.15) is 11.5 Å². The lowest BCUT2D eigenvalue weighted by Gasteiger charge is -2.20. The Balaban J connectivity index is 2.68. The monoisotopic (exact) mass is 278 g/mol. The van der Waals surface area contributed by atoms with Crippen molar-refractivity contribution in [2.75, 3.05) is 25.0 Å². The van der Waals surface area contributed by atoms with Crippen LogP contribution in [-0.2, 0) is 0 Å². The molecule has 0 aromatic carbocycles. The number of nitrogens with zero attached hydrogens (tertiary/aromatic N) is 3. The van der Waals surface area contributed by atoms with E-state index in [4.69, 9.17) is 0 Å². The highest BCUT2D eigenvalue weighted by Crippen LogP contribution is 2.06. The van der Waals surface area contributed by atoms with Crippen molar-refractivity contribution < 1.29 is 4.79 Å². The van der Waals surface area contributed by atoms with E-state index in [2.05, 4.69) is 43.0 Å². The lowest BCUT2D eigenvalue weighted by atomic mass is 10.2. The third-order valence-corrected chi connectivity index (χ3v) is 2.84. The molecule has 1 heterocycles. The summed E-state index contributed by atoms with van der Waals surface area (Å²) < 4.78 is 0. The van der Waals surface area contributed by atoms with E-state index < -0.39 is 0 Å². The summed E-state index contributed by atoms with van der Waals surface area (Å²) in [6.45, 7) is 10.8. The molecule has 0 unspecified atom stereocenters. The molecular weight excluding hydrogens is 252 g/mol. The minimum Gasteiger partial charge on any atom is -0.369 e. The summed E-state index contributed by atoms with van der Waals surface area (Å²) in [5, 5.41) is 3.19. The quantitative estimate of drug-likeness (QED) is 0.794. The van der Waals surface area contributed by atoms with Gasteiger partial charge in [-0.05, 0) is 18.8 Å². The predicted octanol–water partition coefficient (Wildman–Crippen LogP) is 2.81. The molecule has 112 valence electrons. The molecule has 1 amide bonds. The number of carbonyl (C=O) groups excluding carboxylic acids is 1. The lowest BCUT2D eigenvalue weighted by molar-refractivity contribution is 0.0749. The highest BCUT2D eigenvalue weighted by molar-refractivity contribution is 5.92. The number of hydrogen-bond donors (Lipinski definition) is 1. The van der Waals surface area contributed by atoms with Crippen LogP contribution >= 0.6 is 0 Å². The predicted molar refractivity (Wildman–Crippen MR) is 81.8 cm³/mol. The highest BCUT2D eigenvalue weighted by atomic mass is 16.2. The third-order valence-electron chi connectivity index (χ3n) is 2.84. The molecule has 1 rings (SSSR count). The van der Waals surface area contributed by atoms with Crippen LogP contribution < -0.4 is 5.32 Å². The fraction of sp³-hybridized carbons (Fsp3) is 0.667. The molecule has 0 fully saturated rings. The maximum absolute atomic E-state index is 12.3. The molecule has 0 aliphatic rings. The van der Waals surface area contributed by atoms with Crippen LogP contribution in [-0.4, -0.2) is 40.4 Å². The van der Waals surface area contributed by atoms with E-state index in [1.165, 1.54) is 0 Å². The Labute approximate surface area is 121 Å². The molecule has 1 aromatic rings. The summed E-state index contributed by atoms with van der Waals surface area (Å²) in [6.07, 6.45) is 5.09. The first kappa shape index (κ1) is 16.4. The van der Waals surface area contributed by atoms with Crippen LogP contribution in [0.25, 0.3) is 0 Å². The molecule has 0 aliphatic carbocycles. The second kappa shape index (κ2) is 8.51. The summed E-state index contributed by atoms with van der Waals surface area (Å²) in [4.78, 5) is 22.6. The van der Waals surface area contributed by atoms with E-state index in [0.29, 0.717) is 17.4 Å². The Bertz CT molecular complexity index is 397. The first-order valence-corrected chi connectivity index (χ1v) is 7.43. The normalized spacial score (nSPS) is 10.7. The van der Waals surface area contributed by atoms with Crippen molar-refractivity contribution in [2.24, 2.45) is 5.92 Å². The number of rotatable bonds is 8. The zero-order valence-corrected chi connectivity index (χ0v) is 13.0. The van der Waals surface area contributed by atoms with Crippen molar-refractivity contribution in [3.8, 4) is 0 Å². The van der Waals surface area contributed by atoms with Crippen molar-refractivity contribution in [3.63, 3.8) is 0 Å². The van der Waals surface area contributed by atoms with Gasteiger partial charge in [-0.3, -0.25) is 4.79 Å². The van der Waals surface area contributed by atoms with Crippen LogP contribution in [0, 0.1) is 5.92 Å². The van der Waals surface area contributed by atoms with Gasteiger partial charge in [-0.15, -0.1) is 0 Å². The molecule has 0 spiro atoms. The molecule has 0 aliphatic heterocycles.